The molecule has 6 heteroatoms. The maximum atomic E-state index is 10.6. The van der Waals surface area contributed by atoms with Crippen LogP contribution in [0.3, 0.4) is 0 Å². The Morgan fingerprint density at radius 1 is 1.35 bits per heavy atom. The van der Waals surface area contributed by atoms with Crippen molar-refractivity contribution in [3.05, 3.63) is 57.0 Å². The van der Waals surface area contributed by atoms with Crippen LogP contribution in [0.4, 0.5) is 5.00 Å². The number of nitrogens with one attached hydrogen (secondary N) is 1. The van der Waals surface area contributed by atoms with Crippen LogP contribution >= 0.6 is 11.3 Å². The molecule has 0 saturated heterocycles. The smallest absolute Gasteiger partial charge is 0.324 e. The van der Waals surface area contributed by atoms with Crippen LogP contribution in [0.15, 0.2) is 36.4 Å². The summed E-state index contributed by atoms with van der Waals surface area (Å²) in [6.07, 6.45) is 0. The van der Waals surface area contributed by atoms with E-state index in [1.807, 2.05) is 31.2 Å². The molecule has 0 unspecified atom stereocenters. The van der Waals surface area contributed by atoms with Gasteiger partial charge in [-0.15, -0.1) is 0 Å². The number of thiophene rings is 1. The Morgan fingerprint density at radius 3 is 2.90 bits per heavy atom. The van der Waals surface area contributed by atoms with E-state index in [2.05, 4.69) is 5.32 Å². The van der Waals surface area contributed by atoms with E-state index in [9.17, 15) is 10.1 Å². The van der Waals surface area contributed by atoms with E-state index in [0.29, 0.717) is 19.7 Å². The second-order valence-electron chi connectivity index (χ2n) is 4.34. The molecule has 2 rings (SSSR count). The van der Waals surface area contributed by atoms with Gasteiger partial charge in [-0.3, -0.25) is 10.1 Å². The molecule has 0 bridgehead atoms. The van der Waals surface area contributed by atoms with E-state index in [4.69, 9.17) is 4.74 Å². The normalized spacial score (nSPS) is 10.4. The number of nitro groups is 1. The second kappa shape index (κ2) is 7.02. The van der Waals surface area contributed by atoms with Crippen molar-refractivity contribution in [3.8, 4) is 5.75 Å². The van der Waals surface area contributed by atoms with E-state index in [-0.39, 0.29) is 9.92 Å². The zero-order valence-electron chi connectivity index (χ0n) is 11.2. The summed E-state index contributed by atoms with van der Waals surface area (Å²) >= 11 is 1.19. The molecule has 1 N–H and O–H groups in total. The SMILES string of the molecule is Cc1cccc(OCCNCc2ccc([N+](=O)[O-])s2)c1. The van der Waals surface area contributed by atoms with Crippen molar-refractivity contribution in [3.63, 3.8) is 0 Å². The summed E-state index contributed by atoms with van der Waals surface area (Å²) in [4.78, 5) is 11.1. The summed E-state index contributed by atoms with van der Waals surface area (Å²) in [5.41, 5.74) is 1.17. The highest BCUT2D eigenvalue weighted by molar-refractivity contribution is 7.15. The first-order valence-electron chi connectivity index (χ1n) is 6.28. The van der Waals surface area contributed by atoms with Gasteiger partial charge in [0, 0.05) is 24.0 Å². The third-order valence-electron chi connectivity index (χ3n) is 2.66. The van der Waals surface area contributed by atoms with Gasteiger partial charge in [0.25, 0.3) is 0 Å². The van der Waals surface area contributed by atoms with Gasteiger partial charge in [0.1, 0.15) is 12.4 Å². The maximum Gasteiger partial charge on any atom is 0.324 e. The molecule has 0 saturated carbocycles. The summed E-state index contributed by atoms with van der Waals surface area (Å²) in [6.45, 7) is 3.90. The van der Waals surface area contributed by atoms with E-state index in [1.165, 1.54) is 23.0 Å². The van der Waals surface area contributed by atoms with E-state index >= 15 is 0 Å². The van der Waals surface area contributed by atoms with Crippen molar-refractivity contribution < 1.29 is 9.66 Å². The van der Waals surface area contributed by atoms with Crippen LogP contribution in [-0.2, 0) is 6.54 Å². The molecule has 106 valence electrons. The van der Waals surface area contributed by atoms with Crippen molar-refractivity contribution in [2.24, 2.45) is 0 Å². The van der Waals surface area contributed by atoms with Crippen LogP contribution in [0.5, 0.6) is 5.75 Å². The lowest BCUT2D eigenvalue weighted by atomic mass is 10.2. The fourth-order valence-electron chi connectivity index (χ4n) is 1.72. The summed E-state index contributed by atoms with van der Waals surface area (Å²) in [6, 6.07) is 11.2. The lowest BCUT2D eigenvalue weighted by Gasteiger charge is -2.07. The van der Waals surface area contributed by atoms with Crippen LogP contribution in [0.2, 0.25) is 0 Å². The highest BCUT2D eigenvalue weighted by Crippen LogP contribution is 2.23. The highest BCUT2D eigenvalue weighted by atomic mass is 32.1. The molecule has 2 aromatic rings. The minimum absolute atomic E-state index is 0.179. The average molecular weight is 292 g/mol. The van der Waals surface area contributed by atoms with Crippen molar-refractivity contribution in [2.75, 3.05) is 13.2 Å². The predicted octanol–water partition coefficient (Wildman–Crippen LogP) is 3.13. The lowest BCUT2D eigenvalue weighted by Crippen LogP contribution is -2.20. The molecule has 0 radical (unpaired) electrons. The Bertz CT molecular complexity index is 583. The number of ether oxygens (including phenoxy) is 1. The standard InChI is InChI=1S/C14H16N2O3S/c1-11-3-2-4-12(9-11)19-8-7-15-10-13-5-6-14(20-13)16(17)18/h2-6,9,15H,7-8,10H2,1H3. The van der Waals surface area contributed by atoms with Crippen LogP contribution in [-0.4, -0.2) is 18.1 Å². The van der Waals surface area contributed by atoms with Gasteiger partial charge < -0.3 is 10.1 Å². The molecule has 0 spiro atoms. The molecular formula is C14H16N2O3S. The third-order valence-corrected chi connectivity index (χ3v) is 3.70. The molecule has 5 nitrogen and oxygen atoms in total. The van der Waals surface area contributed by atoms with Crippen LogP contribution < -0.4 is 10.1 Å². The molecule has 20 heavy (non-hydrogen) atoms. The number of hydrogen-bond acceptors (Lipinski definition) is 5. The number of aryl methyl sites for hydroxylation is 1. The van der Waals surface area contributed by atoms with Gasteiger partial charge >= 0.3 is 5.00 Å². The van der Waals surface area contributed by atoms with Crippen LogP contribution in [0, 0.1) is 17.0 Å². The molecule has 0 aliphatic carbocycles. The first kappa shape index (κ1) is 14.5. The monoisotopic (exact) mass is 292 g/mol. The van der Waals surface area contributed by atoms with Gasteiger partial charge in [0.2, 0.25) is 0 Å². The number of benzene rings is 1. The molecule has 1 aromatic heterocycles. The summed E-state index contributed by atoms with van der Waals surface area (Å²) in [5, 5.41) is 13.9. The first-order valence-corrected chi connectivity index (χ1v) is 7.10. The minimum atomic E-state index is -0.366. The Morgan fingerprint density at radius 2 is 2.20 bits per heavy atom. The van der Waals surface area contributed by atoms with Gasteiger partial charge in [0.15, 0.2) is 0 Å². The zero-order chi connectivity index (χ0) is 14.4. The molecule has 0 amide bonds. The number of hydrogen-bond donors (Lipinski definition) is 1. The second-order valence-corrected chi connectivity index (χ2v) is 5.49. The summed E-state index contributed by atoms with van der Waals surface area (Å²) in [7, 11) is 0. The molecular weight excluding hydrogens is 276 g/mol. The summed E-state index contributed by atoms with van der Waals surface area (Å²) in [5.74, 6) is 0.860. The van der Waals surface area contributed by atoms with Crippen LogP contribution in [0.25, 0.3) is 0 Å². The fourth-order valence-corrected chi connectivity index (χ4v) is 2.51. The van der Waals surface area contributed by atoms with Gasteiger partial charge in [0.05, 0.1) is 4.92 Å². The van der Waals surface area contributed by atoms with Crippen molar-refractivity contribution in [1.82, 2.24) is 5.32 Å². The van der Waals surface area contributed by atoms with Gasteiger partial charge in [-0.05, 0) is 30.7 Å². The Labute approximate surface area is 121 Å². The molecule has 1 aromatic carbocycles. The predicted molar refractivity (Wildman–Crippen MR) is 79.4 cm³/mol. The third kappa shape index (κ3) is 4.32. The molecule has 0 aliphatic heterocycles. The first-order chi connectivity index (χ1) is 9.65. The van der Waals surface area contributed by atoms with Gasteiger partial charge in [-0.2, -0.15) is 0 Å². The van der Waals surface area contributed by atoms with Gasteiger partial charge in [-0.25, -0.2) is 0 Å². The van der Waals surface area contributed by atoms with Gasteiger partial charge in [-0.1, -0.05) is 23.5 Å². The molecule has 0 fully saturated rings. The lowest BCUT2D eigenvalue weighted by molar-refractivity contribution is -0.380. The van der Waals surface area contributed by atoms with E-state index in [1.54, 1.807) is 6.07 Å². The molecule has 0 atom stereocenters. The number of rotatable bonds is 7. The maximum absolute atomic E-state index is 10.6. The van der Waals surface area contributed by atoms with E-state index < -0.39 is 0 Å². The van der Waals surface area contributed by atoms with Crippen molar-refractivity contribution >= 4 is 16.3 Å². The number of nitrogens with zero attached hydrogens (tertiary/aromatic N) is 1. The zero-order valence-corrected chi connectivity index (χ0v) is 12.0. The van der Waals surface area contributed by atoms with E-state index in [0.717, 1.165) is 10.6 Å². The van der Waals surface area contributed by atoms with Crippen LogP contribution in [0.1, 0.15) is 10.4 Å². The summed E-state index contributed by atoms with van der Waals surface area (Å²) < 4.78 is 5.60. The Balaban J connectivity index is 1.67. The minimum Gasteiger partial charge on any atom is -0.492 e. The largest absolute Gasteiger partial charge is 0.492 e. The quantitative estimate of drug-likeness (QED) is 0.484. The highest BCUT2D eigenvalue weighted by Gasteiger charge is 2.08. The Kier molecular flexibility index (Phi) is 5.09. The fraction of sp³-hybridized carbons (Fsp3) is 0.286. The van der Waals surface area contributed by atoms with Crippen molar-refractivity contribution in [2.45, 2.75) is 13.5 Å². The topological polar surface area (TPSA) is 64.4 Å². The Hall–Kier alpha value is -1.92. The average Bonchev–Trinajstić information content (AvgIpc) is 2.87. The van der Waals surface area contributed by atoms with Crippen molar-refractivity contribution in [1.29, 1.82) is 0 Å². The molecule has 1 heterocycles. The molecule has 0 aliphatic rings.